The molecule has 1 aromatic carbocycles. The van der Waals surface area contributed by atoms with Crippen LogP contribution in [0.15, 0.2) is 58.6 Å². The Morgan fingerprint density at radius 1 is 0.931 bits per heavy atom. The van der Waals surface area contributed by atoms with E-state index in [2.05, 4.69) is 4.98 Å². The highest BCUT2D eigenvalue weighted by Crippen LogP contribution is 2.37. The Labute approximate surface area is 176 Å². The van der Waals surface area contributed by atoms with E-state index >= 15 is 0 Å². The molecule has 6 nitrogen and oxygen atoms in total. The molecular formula is C21H25N3O3S2. The quantitative estimate of drug-likeness (QED) is 0.656. The summed E-state index contributed by atoms with van der Waals surface area (Å²) in [6.45, 7) is 2.73. The number of sulfonamides is 1. The third-order valence-corrected chi connectivity index (χ3v) is 8.47. The van der Waals surface area contributed by atoms with Crippen molar-refractivity contribution in [3.63, 3.8) is 0 Å². The van der Waals surface area contributed by atoms with E-state index in [0.29, 0.717) is 18.1 Å². The number of amides is 1. The number of hydrogen-bond acceptors (Lipinski definition) is 5. The second kappa shape index (κ2) is 8.85. The summed E-state index contributed by atoms with van der Waals surface area (Å²) in [5, 5.41) is 0.259. The lowest BCUT2D eigenvalue weighted by Crippen LogP contribution is -2.31. The minimum atomic E-state index is -3.48. The Morgan fingerprint density at radius 2 is 1.59 bits per heavy atom. The highest BCUT2D eigenvalue weighted by atomic mass is 32.2. The van der Waals surface area contributed by atoms with Gasteiger partial charge in [0.2, 0.25) is 15.9 Å². The summed E-state index contributed by atoms with van der Waals surface area (Å²) in [5.41, 5.74) is 0.935. The molecule has 0 N–H and O–H groups in total. The van der Waals surface area contributed by atoms with Gasteiger partial charge in [0.15, 0.2) is 0 Å². The van der Waals surface area contributed by atoms with Gasteiger partial charge < -0.3 is 4.90 Å². The van der Waals surface area contributed by atoms with Gasteiger partial charge in [0, 0.05) is 32.4 Å². The smallest absolute Gasteiger partial charge is 0.244 e. The molecule has 154 valence electrons. The first-order chi connectivity index (χ1) is 14.1. The zero-order chi connectivity index (χ0) is 20.3. The van der Waals surface area contributed by atoms with E-state index in [1.165, 1.54) is 22.3 Å². The molecule has 3 heterocycles. The Balaban J connectivity index is 1.55. The van der Waals surface area contributed by atoms with Gasteiger partial charge in [-0.15, -0.1) is 0 Å². The Kier molecular flexibility index (Phi) is 6.22. The molecular weight excluding hydrogens is 406 g/mol. The van der Waals surface area contributed by atoms with Gasteiger partial charge in [0.1, 0.15) is 10.1 Å². The SMILES string of the molecule is O=C([C@H](Sc1ccc(S(=O)(=O)N2CCCC2)cn1)c1ccccc1)N1CCCC1. The Hall–Kier alpha value is -1.90. The molecule has 2 saturated heterocycles. The normalized spacial score (nSPS) is 18.8. The van der Waals surface area contributed by atoms with Crippen LogP contribution in [0.25, 0.3) is 0 Å². The Bertz CT molecular complexity index is 937. The summed E-state index contributed by atoms with van der Waals surface area (Å²) < 4.78 is 26.9. The summed E-state index contributed by atoms with van der Waals surface area (Å²) in [5.74, 6) is 0.0919. The topological polar surface area (TPSA) is 70.6 Å². The number of nitrogens with zero attached hydrogens (tertiary/aromatic N) is 3. The van der Waals surface area contributed by atoms with Gasteiger partial charge >= 0.3 is 0 Å². The summed E-state index contributed by atoms with van der Waals surface area (Å²) in [6.07, 6.45) is 5.30. The van der Waals surface area contributed by atoms with Crippen LogP contribution >= 0.6 is 11.8 Å². The number of thioether (sulfide) groups is 1. The van der Waals surface area contributed by atoms with Crippen LogP contribution in [0, 0.1) is 0 Å². The molecule has 1 amide bonds. The van der Waals surface area contributed by atoms with Gasteiger partial charge in [-0.3, -0.25) is 4.79 Å². The van der Waals surface area contributed by atoms with Crippen molar-refractivity contribution in [1.82, 2.24) is 14.2 Å². The average molecular weight is 432 g/mol. The number of hydrogen-bond donors (Lipinski definition) is 0. The number of aromatic nitrogens is 1. The monoisotopic (exact) mass is 431 g/mol. The Morgan fingerprint density at radius 3 is 2.21 bits per heavy atom. The predicted octanol–water partition coefficient (Wildman–Crippen LogP) is 3.32. The molecule has 8 heteroatoms. The molecule has 0 spiro atoms. The van der Waals surface area contributed by atoms with Crippen molar-refractivity contribution in [1.29, 1.82) is 0 Å². The van der Waals surface area contributed by atoms with Crippen molar-refractivity contribution < 1.29 is 13.2 Å². The van der Waals surface area contributed by atoms with Crippen LogP contribution in [0.2, 0.25) is 0 Å². The largest absolute Gasteiger partial charge is 0.341 e. The van der Waals surface area contributed by atoms with E-state index in [0.717, 1.165) is 44.3 Å². The molecule has 1 atom stereocenters. The van der Waals surface area contributed by atoms with Crippen LogP contribution in [-0.4, -0.2) is 54.7 Å². The molecule has 0 unspecified atom stereocenters. The average Bonchev–Trinajstić information content (AvgIpc) is 3.47. The zero-order valence-corrected chi connectivity index (χ0v) is 17.9. The molecule has 2 aliphatic heterocycles. The number of carbonyl (C=O) groups is 1. The predicted molar refractivity (Wildman–Crippen MR) is 113 cm³/mol. The highest BCUT2D eigenvalue weighted by Gasteiger charge is 2.30. The molecule has 2 aromatic rings. The van der Waals surface area contributed by atoms with Crippen LogP contribution in [-0.2, 0) is 14.8 Å². The summed E-state index contributed by atoms with van der Waals surface area (Å²) >= 11 is 1.38. The van der Waals surface area contributed by atoms with Crippen molar-refractivity contribution >= 4 is 27.7 Å². The minimum Gasteiger partial charge on any atom is -0.341 e. The molecule has 0 radical (unpaired) electrons. The third kappa shape index (κ3) is 4.49. The lowest BCUT2D eigenvalue weighted by Gasteiger charge is -2.23. The number of likely N-dealkylation sites (tertiary alicyclic amines) is 1. The van der Waals surface area contributed by atoms with Crippen LogP contribution < -0.4 is 0 Å². The number of pyridine rings is 1. The fourth-order valence-electron chi connectivity index (χ4n) is 3.78. The fraction of sp³-hybridized carbons (Fsp3) is 0.429. The van der Waals surface area contributed by atoms with Crippen molar-refractivity contribution in [3.05, 3.63) is 54.2 Å². The van der Waals surface area contributed by atoms with E-state index in [1.807, 2.05) is 35.2 Å². The van der Waals surface area contributed by atoms with Crippen molar-refractivity contribution in [2.45, 2.75) is 40.9 Å². The lowest BCUT2D eigenvalue weighted by atomic mass is 10.1. The molecule has 1 aromatic heterocycles. The molecule has 2 aliphatic rings. The van der Waals surface area contributed by atoms with Gasteiger partial charge in [-0.1, -0.05) is 42.1 Å². The van der Waals surface area contributed by atoms with Gasteiger partial charge in [0.25, 0.3) is 0 Å². The van der Waals surface area contributed by atoms with Gasteiger partial charge in [-0.25, -0.2) is 13.4 Å². The third-order valence-electron chi connectivity index (χ3n) is 5.39. The first-order valence-electron chi connectivity index (χ1n) is 10.0. The van der Waals surface area contributed by atoms with Crippen molar-refractivity contribution in [3.8, 4) is 0 Å². The number of benzene rings is 1. The van der Waals surface area contributed by atoms with Crippen molar-refractivity contribution in [2.75, 3.05) is 26.2 Å². The maximum atomic E-state index is 13.1. The van der Waals surface area contributed by atoms with Gasteiger partial charge in [-0.05, 0) is 43.4 Å². The zero-order valence-electron chi connectivity index (χ0n) is 16.2. The van der Waals surface area contributed by atoms with Crippen LogP contribution in [0.5, 0.6) is 0 Å². The first kappa shape index (κ1) is 20.4. The molecule has 2 fully saturated rings. The number of rotatable bonds is 6. The van der Waals surface area contributed by atoms with E-state index in [4.69, 9.17) is 0 Å². The molecule has 0 aliphatic carbocycles. The molecule has 29 heavy (non-hydrogen) atoms. The summed E-state index contributed by atoms with van der Waals surface area (Å²) in [4.78, 5) is 19.6. The van der Waals surface area contributed by atoms with Crippen molar-refractivity contribution in [2.24, 2.45) is 0 Å². The van der Waals surface area contributed by atoms with Crippen LogP contribution in [0.3, 0.4) is 0 Å². The van der Waals surface area contributed by atoms with Gasteiger partial charge in [-0.2, -0.15) is 4.31 Å². The standard InChI is InChI=1S/C21H25N3O3S2/c25-21(23-12-4-5-13-23)20(17-8-2-1-3-9-17)28-19-11-10-18(16-22-19)29(26,27)24-14-6-7-15-24/h1-3,8-11,16,20H,4-7,12-15H2/t20-/m1/s1. The van der Waals surface area contributed by atoms with Crippen LogP contribution in [0.1, 0.15) is 36.5 Å². The van der Waals surface area contributed by atoms with Crippen LogP contribution in [0.4, 0.5) is 0 Å². The minimum absolute atomic E-state index is 0.0919. The lowest BCUT2D eigenvalue weighted by molar-refractivity contribution is -0.129. The number of carbonyl (C=O) groups excluding carboxylic acids is 1. The van der Waals surface area contributed by atoms with E-state index < -0.39 is 10.0 Å². The molecule has 4 rings (SSSR count). The molecule has 0 bridgehead atoms. The second-order valence-electron chi connectivity index (χ2n) is 7.38. The van der Waals surface area contributed by atoms with E-state index in [1.54, 1.807) is 12.1 Å². The fourth-order valence-corrected chi connectivity index (χ4v) is 6.29. The summed E-state index contributed by atoms with van der Waals surface area (Å²) in [7, 11) is -3.48. The van der Waals surface area contributed by atoms with E-state index in [-0.39, 0.29) is 16.1 Å². The maximum absolute atomic E-state index is 13.1. The first-order valence-corrected chi connectivity index (χ1v) is 12.3. The maximum Gasteiger partial charge on any atom is 0.244 e. The van der Waals surface area contributed by atoms with Gasteiger partial charge in [0.05, 0.1) is 5.03 Å². The second-order valence-corrected chi connectivity index (χ2v) is 10.4. The highest BCUT2D eigenvalue weighted by molar-refractivity contribution is 8.00. The molecule has 0 saturated carbocycles. The summed E-state index contributed by atoms with van der Waals surface area (Å²) in [6, 6.07) is 13.0. The van der Waals surface area contributed by atoms with E-state index in [9.17, 15) is 13.2 Å².